The third-order valence-electron chi connectivity index (χ3n) is 6.64. The molecule has 7 nitrogen and oxygen atoms in total. The zero-order chi connectivity index (χ0) is 30.4. The van der Waals surface area contributed by atoms with E-state index >= 15 is 0 Å². The molecule has 42 heavy (non-hydrogen) atoms. The number of ether oxygens (including phenoxy) is 2. The standard InChI is InChI=1S/C32H36F2N4O3S/c1-21(37-42(39)32(2,3)4)29-18-30(35-36-31(29)24-15-25(33)17-26(34)16-24)38(19-22-7-11-27(40-5)12-8-22)20-23-9-13-28(41-6)14-10-23/h7-18,21,37H,19-20H2,1-6H3/t21-,42?/m0/s1. The van der Waals surface area contributed by atoms with Crippen LogP contribution in [0.25, 0.3) is 11.3 Å². The highest BCUT2D eigenvalue weighted by Crippen LogP contribution is 2.32. The molecule has 0 amide bonds. The van der Waals surface area contributed by atoms with E-state index in [2.05, 4.69) is 19.8 Å². The van der Waals surface area contributed by atoms with Crippen LogP contribution in [0.4, 0.5) is 14.6 Å². The predicted molar refractivity (Wildman–Crippen MR) is 163 cm³/mol. The average Bonchev–Trinajstić information content (AvgIpc) is 2.96. The molecule has 4 rings (SSSR count). The average molecular weight is 595 g/mol. The van der Waals surface area contributed by atoms with Crippen LogP contribution in [0.1, 0.15) is 50.4 Å². The Kier molecular flexibility index (Phi) is 10.0. The number of hydrogen-bond donors (Lipinski definition) is 1. The summed E-state index contributed by atoms with van der Waals surface area (Å²) in [6.45, 7) is 8.44. The number of methoxy groups -OCH3 is 2. The fourth-order valence-corrected chi connectivity index (χ4v) is 5.12. The van der Waals surface area contributed by atoms with Crippen LogP contribution in [0, 0.1) is 11.6 Å². The van der Waals surface area contributed by atoms with E-state index in [1.807, 2.05) is 82.3 Å². The largest absolute Gasteiger partial charge is 0.598 e. The van der Waals surface area contributed by atoms with Crippen LogP contribution >= 0.6 is 0 Å². The fraction of sp³-hybridized carbons (Fsp3) is 0.312. The molecule has 0 bridgehead atoms. The van der Waals surface area contributed by atoms with Crippen molar-refractivity contribution in [3.63, 3.8) is 0 Å². The lowest BCUT2D eigenvalue weighted by Crippen LogP contribution is -2.40. The van der Waals surface area contributed by atoms with Gasteiger partial charge in [-0.05, 0) is 81.3 Å². The lowest BCUT2D eigenvalue weighted by molar-refractivity contribution is 0.414. The highest BCUT2D eigenvalue weighted by Gasteiger charge is 2.30. The molecule has 3 aromatic carbocycles. The van der Waals surface area contributed by atoms with Gasteiger partial charge in [0.1, 0.15) is 27.9 Å². The first-order valence-electron chi connectivity index (χ1n) is 13.5. The first-order valence-corrected chi connectivity index (χ1v) is 14.6. The van der Waals surface area contributed by atoms with Gasteiger partial charge in [-0.3, -0.25) is 0 Å². The molecule has 222 valence electrons. The zero-order valence-electron chi connectivity index (χ0n) is 24.7. The summed E-state index contributed by atoms with van der Waals surface area (Å²) >= 11 is -1.41. The Morgan fingerprint density at radius 1 is 0.833 bits per heavy atom. The summed E-state index contributed by atoms with van der Waals surface area (Å²) in [7, 11) is 3.24. The van der Waals surface area contributed by atoms with Gasteiger partial charge in [0.25, 0.3) is 0 Å². The van der Waals surface area contributed by atoms with Crippen LogP contribution in [0.3, 0.4) is 0 Å². The monoisotopic (exact) mass is 594 g/mol. The van der Waals surface area contributed by atoms with Crippen LogP contribution in [0.2, 0.25) is 0 Å². The Labute approximate surface area is 249 Å². The highest BCUT2D eigenvalue weighted by molar-refractivity contribution is 7.90. The van der Waals surface area contributed by atoms with E-state index in [4.69, 9.17) is 9.47 Å². The van der Waals surface area contributed by atoms with E-state index in [1.165, 1.54) is 12.1 Å². The molecule has 0 radical (unpaired) electrons. The summed E-state index contributed by atoms with van der Waals surface area (Å²) in [6, 6.07) is 20.1. The van der Waals surface area contributed by atoms with E-state index < -0.39 is 33.8 Å². The van der Waals surface area contributed by atoms with Crippen molar-refractivity contribution in [2.45, 2.75) is 51.6 Å². The molecule has 1 N–H and O–H groups in total. The summed E-state index contributed by atoms with van der Waals surface area (Å²) in [6.07, 6.45) is 0. The predicted octanol–water partition coefficient (Wildman–Crippen LogP) is 6.76. The van der Waals surface area contributed by atoms with Crippen molar-refractivity contribution >= 4 is 17.2 Å². The van der Waals surface area contributed by atoms with Crippen molar-refractivity contribution in [1.29, 1.82) is 0 Å². The Bertz CT molecular complexity index is 1410. The Morgan fingerprint density at radius 2 is 1.33 bits per heavy atom. The molecule has 10 heteroatoms. The van der Waals surface area contributed by atoms with Gasteiger partial charge >= 0.3 is 0 Å². The molecule has 0 aliphatic rings. The van der Waals surface area contributed by atoms with Crippen LogP contribution in [0.15, 0.2) is 72.8 Å². The van der Waals surface area contributed by atoms with Gasteiger partial charge < -0.3 is 18.9 Å². The molecule has 0 aliphatic carbocycles. The number of nitrogens with zero attached hydrogens (tertiary/aromatic N) is 3. The molecular formula is C32H36F2N4O3S. The number of aromatic nitrogens is 2. The lowest BCUT2D eigenvalue weighted by Gasteiger charge is -2.28. The molecular weight excluding hydrogens is 558 g/mol. The van der Waals surface area contributed by atoms with E-state index in [9.17, 15) is 13.3 Å². The first kappa shape index (κ1) is 31.2. The Balaban J connectivity index is 1.79. The molecule has 4 aromatic rings. The molecule has 0 fully saturated rings. The highest BCUT2D eigenvalue weighted by atomic mass is 32.2. The minimum Gasteiger partial charge on any atom is -0.598 e. The van der Waals surface area contributed by atoms with Crippen molar-refractivity contribution in [2.75, 3.05) is 19.1 Å². The van der Waals surface area contributed by atoms with Crippen LogP contribution in [-0.4, -0.2) is 33.7 Å². The number of hydrogen-bond acceptors (Lipinski definition) is 7. The van der Waals surface area contributed by atoms with Gasteiger partial charge in [0, 0.05) is 41.6 Å². The number of benzene rings is 3. The van der Waals surface area contributed by atoms with Crippen LogP contribution in [-0.2, 0) is 24.5 Å². The minimum atomic E-state index is -1.41. The Morgan fingerprint density at radius 3 is 1.79 bits per heavy atom. The van der Waals surface area contributed by atoms with Gasteiger partial charge in [-0.2, -0.15) is 0 Å². The van der Waals surface area contributed by atoms with Gasteiger partial charge in [0.2, 0.25) is 0 Å². The van der Waals surface area contributed by atoms with Crippen LogP contribution in [0.5, 0.6) is 11.5 Å². The molecule has 0 spiro atoms. The second kappa shape index (κ2) is 13.5. The topological polar surface area (TPSA) is 82.6 Å². The third-order valence-corrected chi connectivity index (χ3v) is 8.32. The smallest absolute Gasteiger partial charge is 0.152 e. The molecule has 1 aromatic heterocycles. The SMILES string of the molecule is COc1ccc(CN(Cc2ccc(OC)cc2)c2cc([C@H](C)N[S+]([O-])C(C)(C)C)c(-c3cc(F)cc(F)c3)nn2)cc1. The summed E-state index contributed by atoms with van der Waals surface area (Å²) < 4.78 is 54.7. The molecule has 2 atom stereocenters. The van der Waals surface area contributed by atoms with Gasteiger partial charge in [-0.25, -0.2) is 8.78 Å². The van der Waals surface area contributed by atoms with E-state index in [0.717, 1.165) is 28.7 Å². The molecule has 0 saturated heterocycles. The Hall–Kier alpha value is -3.73. The maximum Gasteiger partial charge on any atom is 0.152 e. The van der Waals surface area contributed by atoms with E-state index in [1.54, 1.807) is 14.2 Å². The first-order chi connectivity index (χ1) is 20.0. The second-order valence-corrected chi connectivity index (χ2v) is 12.9. The molecule has 1 unspecified atom stereocenters. The number of halogens is 2. The van der Waals surface area contributed by atoms with Crippen molar-refractivity contribution in [2.24, 2.45) is 0 Å². The molecule has 0 aliphatic heterocycles. The van der Waals surface area contributed by atoms with Crippen molar-refractivity contribution in [3.8, 4) is 22.8 Å². The number of nitrogens with one attached hydrogen (secondary N) is 1. The van der Waals surface area contributed by atoms with Gasteiger partial charge in [-0.1, -0.05) is 24.3 Å². The number of rotatable bonds is 11. The van der Waals surface area contributed by atoms with Crippen molar-refractivity contribution in [3.05, 3.63) is 101 Å². The summed E-state index contributed by atoms with van der Waals surface area (Å²) in [5.74, 6) is 0.608. The van der Waals surface area contributed by atoms with Gasteiger partial charge in [-0.15, -0.1) is 14.9 Å². The molecule has 1 heterocycles. The normalized spacial score (nSPS) is 13.0. The maximum absolute atomic E-state index is 14.2. The molecule has 0 saturated carbocycles. The van der Waals surface area contributed by atoms with Crippen molar-refractivity contribution in [1.82, 2.24) is 14.9 Å². The lowest BCUT2D eigenvalue weighted by atomic mass is 10.0. The quantitative estimate of drug-likeness (QED) is 0.192. The second-order valence-electron chi connectivity index (χ2n) is 10.9. The third kappa shape index (κ3) is 7.96. The van der Waals surface area contributed by atoms with Crippen LogP contribution < -0.4 is 19.1 Å². The van der Waals surface area contributed by atoms with E-state index in [0.29, 0.717) is 30.2 Å². The van der Waals surface area contributed by atoms with Gasteiger partial charge in [0.15, 0.2) is 5.82 Å². The minimum absolute atomic E-state index is 0.244. The van der Waals surface area contributed by atoms with Crippen molar-refractivity contribution < 1.29 is 22.8 Å². The maximum atomic E-state index is 14.2. The zero-order valence-corrected chi connectivity index (χ0v) is 25.5. The van der Waals surface area contributed by atoms with E-state index in [-0.39, 0.29) is 5.56 Å². The summed E-state index contributed by atoms with van der Waals surface area (Å²) in [5.41, 5.74) is 3.19. The fourth-order valence-electron chi connectivity index (χ4n) is 4.32. The summed E-state index contributed by atoms with van der Waals surface area (Å²) in [5, 5.41) is 9.00. The number of anilines is 1. The summed E-state index contributed by atoms with van der Waals surface area (Å²) in [4.78, 5) is 2.06. The van der Waals surface area contributed by atoms with Gasteiger partial charge in [0.05, 0.1) is 26.0 Å².